The molecule has 0 aliphatic carbocycles. The number of nitrogens with zero attached hydrogens (tertiary/aromatic N) is 1. The van der Waals surface area contributed by atoms with E-state index in [1.165, 1.54) is 25.4 Å². The lowest BCUT2D eigenvalue weighted by atomic mass is 9.84. The van der Waals surface area contributed by atoms with Crippen molar-refractivity contribution in [1.29, 1.82) is 0 Å². The molecule has 1 aromatic heterocycles. The Bertz CT molecular complexity index is 982. The number of amides is 2. The molecule has 35 heavy (non-hydrogen) atoms. The van der Waals surface area contributed by atoms with Gasteiger partial charge < -0.3 is 15.4 Å². The van der Waals surface area contributed by atoms with Crippen LogP contribution in [0.4, 0.5) is 0 Å². The highest BCUT2D eigenvalue weighted by molar-refractivity contribution is 7.89. The number of sulfonamides is 1. The third-order valence-electron chi connectivity index (χ3n) is 5.01. The van der Waals surface area contributed by atoms with Crippen molar-refractivity contribution in [3.05, 3.63) is 24.5 Å². The van der Waals surface area contributed by atoms with Gasteiger partial charge in [0.25, 0.3) is 0 Å². The normalized spacial score (nSPS) is 15.1. The highest BCUT2D eigenvalue weighted by Crippen LogP contribution is 2.24. The molecule has 10 nitrogen and oxygen atoms in total. The van der Waals surface area contributed by atoms with E-state index in [1.807, 2.05) is 13.8 Å². The van der Waals surface area contributed by atoms with Gasteiger partial charge in [0.15, 0.2) is 0 Å². The monoisotopic (exact) mass is 512 g/mol. The molecule has 0 saturated carbocycles. The van der Waals surface area contributed by atoms with E-state index < -0.39 is 56.8 Å². The van der Waals surface area contributed by atoms with Crippen molar-refractivity contribution in [2.45, 2.75) is 84.4 Å². The van der Waals surface area contributed by atoms with E-state index in [0.29, 0.717) is 0 Å². The molecule has 0 aliphatic heterocycles. The van der Waals surface area contributed by atoms with E-state index in [2.05, 4.69) is 20.3 Å². The van der Waals surface area contributed by atoms with Crippen molar-refractivity contribution >= 4 is 27.8 Å². The van der Waals surface area contributed by atoms with E-state index in [-0.39, 0.29) is 17.2 Å². The SMILES string of the molecule is CNC(=O)[C@@H](NC(=O)[C@H](CC(C)C)[C@H](NS(=O)(=O)c1cccnc1)C(=O)OC(C)(C)C)C(C)(C)C. The van der Waals surface area contributed by atoms with Gasteiger partial charge in [-0.05, 0) is 50.7 Å². The molecule has 11 heteroatoms. The fourth-order valence-electron chi connectivity index (χ4n) is 3.37. The number of esters is 1. The summed E-state index contributed by atoms with van der Waals surface area (Å²) in [6.45, 7) is 14.0. The lowest BCUT2D eigenvalue weighted by Crippen LogP contribution is -2.58. The van der Waals surface area contributed by atoms with Crippen molar-refractivity contribution in [2.24, 2.45) is 17.3 Å². The van der Waals surface area contributed by atoms with E-state index in [9.17, 15) is 22.8 Å². The van der Waals surface area contributed by atoms with Crippen LogP contribution in [0.15, 0.2) is 29.4 Å². The Morgan fingerprint density at radius 1 is 1.06 bits per heavy atom. The van der Waals surface area contributed by atoms with E-state index >= 15 is 0 Å². The summed E-state index contributed by atoms with van der Waals surface area (Å²) in [5, 5.41) is 5.27. The first-order valence-electron chi connectivity index (χ1n) is 11.6. The molecule has 0 aromatic carbocycles. The number of nitrogens with one attached hydrogen (secondary N) is 3. The van der Waals surface area contributed by atoms with Crippen LogP contribution in [-0.4, -0.2) is 55.9 Å². The molecule has 0 spiro atoms. The van der Waals surface area contributed by atoms with Crippen LogP contribution >= 0.6 is 0 Å². The largest absolute Gasteiger partial charge is 0.459 e. The van der Waals surface area contributed by atoms with Gasteiger partial charge >= 0.3 is 5.97 Å². The average Bonchev–Trinajstić information content (AvgIpc) is 2.72. The third kappa shape index (κ3) is 9.56. The molecule has 3 atom stereocenters. The van der Waals surface area contributed by atoms with Gasteiger partial charge in [-0.2, -0.15) is 4.72 Å². The van der Waals surface area contributed by atoms with Crippen molar-refractivity contribution in [3.63, 3.8) is 0 Å². The second kappa shape index (κ2) is 11.9. The molecular weight excluding hydrogens is 472 g/mol. The Kier molecular flexibility index (Phi) is 10.4. The minimum absolute atomic E-state index is 0.0772. The lowest BCUT2D eigenvalue weighted by Gasteiger charge is -2.34. The van der Waals surface area contributed by atoms with Crippen molar-refractivity contribution in [3.8, 4) is 0 Å². The molecule has 0 fully saturated rings. The van der Waals surface area contributed by atoms with Crippen LogP contribution in [0.5, 0.6) is 0 Å². The quantitative estimate of drug-likeness (QED) is 0.407. The summed E-state index contributed by atoms with van der Waals surface area (Å²) in [6.07, 6.45) is 2.73. The average molecular weight is 513 g/mol. The highest BCUT2D eigenvalue weighted by atomic mass is 32.2. The first-order chi connectivity index (χ1) is 15.9. The van der Waals surface area contributed by atoms with Gasteiger partial charge in [0.05, 0.1) is 5.92 Å². The summed E-state index contributed by atoms with van der Waals surface area (Å²) in [6, 6.07) is 0.336. The number of pyridine rings is 1. The third-order valence-corrected chi connectivity index (χ3v) is 6.44. The predicted octanol–water partition coefficient (Wildman–Crippen LogP) is 2.01. The van der Waals surface area contributed by atoms with Gasteiger partial charge in [0, 0.05) is 19.4 Å². The summed E-state index contributed by atoms with van der Waals surface area (Å²) in [4.78, 5) is 43.0. The predicted molar refractivity (Wildman–Crippen MR) is 133 cm³/mol. The smallest absolute Gasteiger partial charge is 0.325 e. The fraction of sp³-hybridized carbons (Fsp3) is 0.667. The van der Waals surface area contributed by atoms with Crippen molar-refractivity contribution in [2.75, 3.05) is 7.05 Å². The summed E-state index contributed by atoms with van der Waals surface area (Å²) in [5.41, 5.74) is -1.57. The number of aromatic nitrogens is 1. The van der Waals surface area contributed by atoms with Crippen LogP contribution in [0.25, 0.3) is 0 Å². The zero-order chi connectivity index (χ0) is 27.2. The zero-order valence-electron chi connectivity index (χ0n) is 22.1. The number of hydrogen-bond acceptors (Lipinski definition) is 7. The molecule has 1 aromatic rings. The van der Waals surface area contributed by atoms with Crippen LogP contribution < -0.4 is 15.4 Å². The minimum Gasteiger partial charge on any atom is -0.459 e. The van der Waals surface area contributed by atoms with Gasteiger partial charge in [-0.1, -0.05) is 34.6 Å². The van der Waals surface area contributed by atoms with Crippen LogP contribution in [0.2, 0.25) is 0 Å². The van der Waals surface area contributed by atoms with Crippen molar-refractivity contribution < 1.29 is 27.5 Å². The van der Waals surface area contributed by atoms with Crippen molar-refractivity contribution in [1.82, 2.24) is 20.3 Å². The Hall–Kier alpha value is -2.53. The molecule has 198 valence electrons. The maximum atomic E-state index is 13.5. The number of likely N-dealkylation sites (N-methyl/N-ethyl adjacent to an activating group) is 1. The van der Waals surface area contributed by atoms with Crippen LogP contribution in [-0.2, 0) is 29.1 Å². The molecule has 0 bridgehead atoms. The molecule has 1 heterocycles. The molecule has 0 saturated heterocycles. The molecule has 0 radical (unpaired) electrons. The number of rotatable bonds is 10. The molecule has 3 N–H and O–H groups in total. The fourth-order valence-corrected chi connectivity index (χ4v) is 4.56. The molecule has 0 aliphatic rings. The molecule has 2 amide bonds. The second-order valence-electron chi connectivity index (χ2n) is 11.0. The highest BCUT2D eigenvalue weighted by Gasteiger charge is 2.42. The maximum absolute atomic E-state index is 13.5. The van der Waals surface area contributed by atoms with E-state index in [4.69, 9.17) is 4.74 Å². The van der Waals surface area contributed by atoms with Gasteiger partial charge in [0.1, 0.15) is 22.6 Å². The zero-order valence-corrected chi connectivity index (χ0v) is 22.9. The molecule has 0 unspecified atom stereocenters. The number of ether oxygens (including phenoxy) is 1. The van der Waals surface area contributed by atoms with Crippen LogP contribution in [0.1, 0.15) is 61.8 Å². The Balaban J connectivity index is 3.51. The maximum Gasteiger partial charge on any atom is 0.325 e. The van der Waals surface area contributed by atoms with E-state index in [1.54, 1.807) is 41.5 Å². The number of hydrogen-bond donors (Lipinski definition) is 3. The Labute approximate surface area is 209 Å². The summed E-state index contributed by atoms with van der Waals surface area (Å²) >= 11 is 0. The van der Waals surface area contributed by atoms with Gasteiger partial charge in [-0.25, -0.2) is 8.42 Å². The summed E-state index contributed by atoms with van der Waals surface area (Å²) < 4.78 is 34.1. The van der Waals surface area contributed by atoms with E-state index in [0.717, 1.165) is 6.20 Å². The van der Waals surface area contributed by atoms with Gasteiger partial charge in [-0.15, -0.1) is 0 Å². The standard InChI is InChI=1S/C24H40N4O6S/c1-15(2)13-17(20(29)27-19(21(30)25-9)23(3,4)5)18(22(31)34-24(6,7)8)28-35(32,33)16-11-10-12-26-14-16/h10-12,14-15,17-19,28H,13H2,1-9H3,(H,25,30)(H,27,29)/t17-,18+,19-/m1/s1. The van der Waals surface area contributed by atoms with Gasteiger partial charge in [-0.3, -0.25) is 19.4 Å². The minimum atomic E-state index is -4.22. The molecular formula is C24H40N4O6S. The number of carbonyl (C=O) groups is 3. The Morgan fingerprint density at radius 3 is 2.09 bits per heavy atom. The van der Waals surface area contributed by atoms with Gasteiger partial charge in [0.2, 0.25) is 21.8 Å². The number of carbonyl (C=O) groups excluding carboxylic acids is 3. The lowest BCUT2D eigenvalue weighted by molar-refractivity contribution is -0.160. The second-order valence-corrected chi connectivity index (χ2v) is 12.7. The summed E-state index contributed by atoms with van der Waals surface area (Å²) in [7, 11) is -2.76. The topological polar surface area (TPSA) is 144 Å². The van der Waals surface area contributed by atoms with Crippen LogP contribution in [0.3, 0.4) is 0 Å². The first kappa shape index (κ1) is 30.5. The van der Waals surface area contributed by atoms with Crippen LogP contribution in [0, 0.1) is 17.3 Å². The molecule has 1 rings (SSSR count). The Morgan fingerprint density at radius 2 is 1.66 bits per heavy atom. The first-order valence-corrected chi connectivity index (χ1v) is 13.0. The summed E-state index contributed by atoms with van der Waals surface area (Å²) in [5.74, 6) is -3.15.